The molecule has 0 bridgehead atoms. The SMILES string of the molecule is CCCNc1nnc(SCC(=O)OC)s1. The molecular weight excluding hydrogens is 234 g/mol. The van der Waals surface area contributed by atoms with Gasteiger partial charge in [-0.15, -0.1) is 10.2 Å². The van der Waals surface area contributed by atoms with Gasteiger partial charge in [0.05, 0.1) is 12.9 Å². The van der Waals surface area contributed by atoms with Crippen LogP contribution in [-0.2, 0) is 9.53 Å². The monoisotopic (exact) mass is 247 g/mol. The van der Waals surface area contributed by atoms with Crippen molar-refractivity contribution in [3.63, 3.8) is 0 Å². The molecule has 0 radical (unpaired) electrons. The van der Waals surface area contributed by atoms with E-state index in [9.17, 15) is 4.79 Å². The number of ether oxygens (including phenoxy) is 1. The number of hydrogen-bond donors (Lipinski definition) is 1. The molecule has 1 rings (SSSR count). The minimum Gasteiger partial charge on any atom is -0.468 e. The third-order valence-corrected chi connectivity index (χ3v) is 3.46. The fourth-order valence-corrected chi connectivity index (χ4v) is 2.36. The molecule has 0 aromatic carbocycles. The van der Waals surface area contributed by atoms with Crippen molar-refractivity contribution in [1.82, 2.24) is 10.2 Å². The topological polar surface area (TPSA) is 64.1 Å². The van der Waals surface area contributed by atoms with Crippen LogP contribution < -0.4 is 5.32 Å². The van der Waals surface area contributed by atoms with Crippen LogP contribution in [0.1, 0.15) is 13.3 Å². The van der Waals surface area contributed by atoms with Gasteiger partial charge in [0.25, 0.3) is 0 Å². The molecule has 0 unspecified atom stereocenters. The number of thioether (sulfide) groups is 1. The summed E-state index contributed by atoms with van der Waals surface area (Å²) in [4.78, 5) is 10.9. The molecule has 0 fully saturated rings. The van der Waals surface area contributed by atoms with Gasteiger partial charge in [0.15, 0.2) is 4.34 Å². The second kappa shape index (κ2) is 6.62. The molecule has 7 heteroatoms. The van der Waals surface area contributed by atoms with Crippen molar-refractivity contribution in [2.24, 2.45) is 0 Å². The van der Waals surface area contributed by atoms with Crippen LogP contribution in [-0.4, -0.2) is 35.6 Å². The zero-order valence-electron chi connectivity index (χ0n) is 8.65. The van der Waals surface area contributed by atoms with Crippen molar-refractivity contribution in [3.8, 4) is 0 Å². The maximum atomic E-state index is 10.9. The van der Waals surface area contributed by atoms with Crippen LogP contribution in [0.5, 0.6) is 0 Å². The molecule has 84 valence electrons. The highest BCUT2D eigenvalue weighted by Gasteiger charge is 2.07. The largest absolute Gasteiger partial charge is 0.468 e. The van der Waals surface area contributed by atoms with Crippen molar-refractivity contribution < 1.29 is 9.53 Å². The maximum absolute atomic E-state index is 10.9. The number of nitrogens with zero attached hydrogens (tertiary/aromatic N) is 2. The van der Waals surface area contributed by atoms with Crippen LogP contribution in [0.15, 0.2) is 4.34 Å². The van der Waals surface area contributed by atoms with E-state index in [0.29, 0.717) is 0 Å². The zero-order chi connectivity index (χ0) is 11.1. The molecule has 0 aliphatic heterocycles. The molecule has 15 heavy (non-hydrogen) atoms. The van der Waals surface area contributed by atoms with E-state index in [0.717, 1.165) is 22.4 Å². The Morgan fingerprint density at radius 2 is 2.40 bits per heavy atom. The number of esters is 1. The molecule has 0 saturated heterocycles. The minimum atomic E-state index is -0.252. The second-order valence-electron chi connectivity index (χ2n) is 2.66. The van der Waals surface area contributed by atoms with E-state index in [-0.39, 0.29) is 11.7 Å². The van der Waals surface area contributed by atoms with E-state index >= 15 is 0 Å². The summed E-state index contributed by atoms with van der Waals surface area (Å²) in [7, 11) is 1.37. The summed E-state index contributed by atoms with van der Waals surface area (Å²) in [6, 6.07) is 0. The first-order valence-corrected chi connectivity index (χ1v) is 6.33. The molecule has 0 saturated carbocycles. The molecule has 0 amide bonds. The minimum absolute atomic E-state index is 0.252. The van der Waals surface area contributed by atoms with Gasteiger partial charge in [-0.1, -0.05) is 30.0 Å². The summed E-state index contributed by atoms with van der Waals surface area (Å²) in [5.74, 6) is 0.0251. The molecule has 5 nitrogen and oxygen atoms in total. The third kappa shape index (κ3) is 4.48. The average Bonchev–Trinajstić information content (AvgIpc) is 2.71. The van der Waals surface area contributed by atoms with Crippen molar-refractivity contribution in [2.45, 2.75) is 17.7 Å². The highest BCUT2D eigenvalue weighted by Crippen LogP contribution is 2.25. The van der Waals surface area contributed by atoms with Crippen LogP contribution in [0.3, 0.4) is 0 Å². The first-order chi connectivity index (χ1) is 7.26. The van der Waals surface area contributed by atoms with E-state index in [2.05, 4.69) is 27.2 Å². The standard InChI is InChI=1S/C8H13N3O2S2/c1-3-4-9-7-10-11-8(15-7)14-5-6(12)13-2/h3-5H2,1-2H3,(H,9,10). The van der Waals surface area contributed by atoms with Crippen molar-refractivity contribution in [2.75, 3.05) is 24.7 Å². The second-order valence-corrected chi connectivity index (χ2v) is 4.86. The summed E-state index contributed by atoms with van der Waals surface area (Å²) < 4.78 is 5.30. The van der Waals surface area contributed by atoms with Gasteiger partial charge in [-0.3, -0.25) is 4.79 Å². The van der Waals surface area contributed by atoms with Gasteiger partial charge in [0, 0.05) is 6.54 Å². The van der Waals surface area contributed by atoms with Crippen LogP contribution in [0, 0.1) is 0 Å². The van der Waals surface area contributed by atoms with Crippen LogP contribution in [0.4, 0.5) is 5.13 Å². The first kappa shape index (κ1) is 12.3. The van der Waals surface area contributed by atoms with Crippen molar-refractivity contribution in [1.29, 1.82) is 0 Å². The smallest absolute Gasteiger partial charge is 0.316 e. The van der Waals surface area contributed by atoms with E-state index in [1.165, 1.54) is 30.2 Å². The number of nitrogens with one attached hydrogen (secondary N) is 1. The summed E-state index contributed by atoms with van der Waals surface area (Å²) in [6.45, 7) is 2.97. The number of anilines is 1. The fraction of sp³-hybridized carbons (Fsp3) is 0.625. The average molecular weight is 247 g/mol. The summed E-state index contributed by atoms with van der Waals surface area (Å²) in [6.07, 6.45) is 1.05. The predicted octanol–water partition coefficient (Wildman–Crippen LogP) is 1.63. The Morgan fingerprint density at radius 3 is 3.07 bits per heavy atom. The van der Waals surface area contributed by atoms with Crippen molar-refractivity contribution >= 4 is 34.2 Å². The van der Waals surface area contributed by atoms with Gasteiger partial charge in [-0.25, -0.2) is 0 Å². The van der Waals surface area contributed by atoms with E-state index in [1.807, 2.05) is 0 Å². The van der Waals surface area contributed by atoms with Gasteiger partial charge in [-0.05, 0) is 6.42 Å². The molecular formula is C8H13N3O2S2. The Hall–Kier alpha value is -0.820. The third-order valence-electron chi connectivity index (χ3n) is 1.47. The number of carbonyl (C=O) groups excluding carboxylic acids is 1. The predicted molar refractivity (Wildman–Crippen MR) is 61.4 cm³/mol. The summed E-state index contributed by atoms with van der Waals surface area (Å²) >= 11 is 2.78. The van der Waals surface area contributed by atoms with Crippen LogP contribution in [0.25, 0.3) is 0 Å². The number of rotatable bonds is 6. The van der Waals surface area contributed by atoms with Gasteiger partial charge in [0.2, 0.25) is 5.13 Å². The van der Waals surface area contributed by atoms with E-state index < -0.39 is 0 Å². The highest BCUT2D eigenvalue weighted by atomic mass is 32.2. The number of methoxy groups -OCH3 is 1. The lowest BCUT2D eigenvalue weighted by Crippen LogP contribution is -2.02. The lowest BCUT2D eigenvalue weighted by atomic mass is 10.5. The molecule has 1 aromatic heterocycles. The Labute approximate surface area is 96.6 Å². The maximum Gasteiger partial charge on any atom is 0.316 e. The van der Waals surface area contributed by atoms with Crippen molar-refractivity contribution in [3.05, 3.63) is 0 Å². The highest BCUT2D eigenvalue weighted by molar-refractivity contribution is 8.01. The van der Waals surface area contributed by atoms with Crippen LogP contribution in [0.2, 0.25) is 0 Å². The van der Waals surface area contributed by atoms with E-state index in [4.69, 9.17) is 0 Å². The number of hydrogen-bond acceptors (Lipinski definition) is 7. The molecule has 1 N–H and O–H groups in total. The zero-order valence-corrected chi connectivity index (χ0v) is 10.3. The molecule has 0 atom stereocenters. The lowest BCUT2D eigenvalue weighted by Gasteiger charge is -1.96. The lowest BCUT2D eigenvalue weighted by molar-refractivity contribution is -0.137. The molecule has 1 heterocycles. The van der Waals surface area contributed by atoms with E-state index in [1.54, 1.807) is 0 Å². The first-order valence-electron chi connectivity index (χ1n) is 4.53. The molecule has 1 aromatic rings. The Kier molecular flexibility index (Phi) is 5.41. The number of carbonyl (C=O) groups is 1. The Morgan fingerprint density at radius 1 is 1.60 bits per heavy atom. The van der Waals surface area contributed by atoms with Gasteiger partial charge in [0.1, 0.15) is 0 Å². The number of aromatic nitrogens is 2. The molecule has 0 aliphatic rings. The normalized spacial score (nSPS) is 10.0. The van der Waals surface area contributed by atoms with Gasteiger partial charge >= 0.3 is 5.97 Å². The Bertz CT molecular complexity index is 317. The Balaban J connectivity index is 2.35. The summed E-state index contributed by atoms with van der Waals surface area (Å²) in [5.41, 5.74) is 0. The summed E-state index contributed by atoms with van der Waals surface area (Å²) in [5, 5.41) is 11.8. The van der Waals surface area contributed by atoms with Crippen LogP contribution >= 0.6 is 23.1 Å². The fourth-order valence-electron chi connectivity index (χ4n) is 0.751. The molecule has 0 aliphatic carbocycles. The van der Waals surface area contributed by atoms with Gasteiger partial charge < -0.3 is 10.1 Å². The quantitative estimate of drug-likeness (QED) is 0.609. The molecule has 0 spiro atoms. The van der Waals surface area contributed by atoms with Gasteiger partial charge in [-0.2, -0.15) is 0 Å².